The van der Waals surface area contributed by atoms with Crippen LogP contribution in [0.3, 0.4) is 0 Å². The van der Waals surface area contributed by atoms with E-state index in [0.29, 0.717) is 17.9 Å². The molecule has 0 aliphatic heterocycles. The molecule has 2 aromatic rings. The van der Waals surface area contributed by atoms with Gasteiger partial charge in [-0.1, -0.05) is 37.3 Å². The van der Waals surface area contributed by atoms with Crippen LogP contribution >= 0.6 is 0 Å². The lowest BCUT2D eigenvalue weighted by molar-refractivity contribution is 0.0459. The molecule has 2 N–H and O–H groups in total. The molecule has 1 heterocycles. The lowest BCUT2D eigenvalue weighted by Crippen LogP contribution is -2.50. The van der Waals surface area contributed by atoms with Crippen LogP contribution in [0.2, 0.25) is 0 Å². The Hall–Kier alpha value is -2.91. The van der Waals surface area contributed by atoms with Gasteiger partial charge in [-0.05, 0) is 69.3 Å². The highest BCUT2D eigenvalue weighted by Gasteiger charge is 2.44. The lowest BCUT2D eigenvalue weighted by atomic mass is 9.65. The Bertz CT molecular complexity index is 940. The van der Waals surface area contributed by atoms with Crippen LogP contribution in [-0.4, -0.2) is 36.6 Å². The topological polar surface area (TPSA) is 86.2 Å². The van der Waals surface area contributed by atoms with Crippen molar-refractivity contribution in [2.45, 2.75) is 45.1 Å². The van der Waals surface area contributed by atoms with Crippen LogP contribution in [-0.2, 0) is 5.54 Å². The second-order valence-electron chi connectivity index (χ2n) is 8.99. The largest absolute Gasteiger partial charge is 0.351 e. The lowest BCUT2D eigenvalue weighted by Gasteiger charge is -2.50. The van der Waals surface area contributed by atoms with Gasteiger partial charge in [0, 0.05) is 12.1 Å². The van der Waals surface area contributed by atoms with E-state index in [9.17, 15) is 4.79 Å². The molecule has 1 aromatic heterocycles. The van der Waals surface area contributed by atoms with Crippen LogP contribution in [0.1, 0.15) is 49.4 Å². The highest BCUT2D eigenvalue weighted by molar-refractivity contribution is 5.91. The van der Waals surface area contributed by atoms with Crippen LogP contribution in [0.4, 0.5) is 10.5 Å². The van der Waals surface area contributed by atoms with Crippen LogP contribution in [0.5, 0.6) is 0 Å². The Morgan fingerprint density at radius 2 is 1.83 bits per heavy atom. The molecule has 1 fully saturated rings. The summed E-state index contributed by atoms with van der Waals surface area (Å²) < 4.78 is 0. The zero-order valence-electron chi connectivity index (χ0n) is 18.4. The fourth-order valence-corrected chi connectivity index (χ4v) is 4.72. The number of benzene rings is 1. The third kappa shape index (κ3) is 4.17. The van der Waals surface area contributed by atoms with Gasteiger partial charge in [-0.25, -0.2) is 9.78 Å². The SMILES string of the molecule is Cc1cc(C#N)ncc1N(C[C@]1(C)CC[C@@](c2ccccc2)(N(C)C)CC1)C(N)=O. The Labute approximate surface area is 179 Å². The monoisotopic (exact) mass is 405 g/mol. The van der Waals surface area contributed by atoms with Crippen LogP contribution < -0.4 is 10.6 Å². The standard InChI is InChI=1S/C24H31N5O/c1-18-14-20(15-25)27-16-21(18)29(22(26)30)17-23(2)10-12-24(13-11-23,28(3)4)19-8-6-5-7-9-19/h5-9,14,16H,10-13,17H2,1-4H3,(H2,26,30)/t23-,24-. The summed E-state index contributed by atoms with van der Waals surface area (Å²) in [5.74, 6) is 0. The first kappa shape index (κ1) is 21.8. The Morgan fingerprint density at radius 1 is 1.20 bits per heavy atom. The highest BCUT2D eigenvalue weighted by atomic mass is 16.2. The molecule has 1 aliphatic rings. The van der Waals surface area contributed by atoms with Crippen LogP contribution in [0, 0.1) is 23.7 Å². The van der Waals surface area contributed by atoms with E-state index >= 15 is 0 Å². The number of amides is 2. The minimum Gasteiger partial charge on any atom is -0.351 e. The number of aryl methyl sites for hydroxylation is 1. The molecule has 2 amide bonds. The van der Waals surface area contributed by atoms with Gasteiger partial charge in [0.2, 0.25) is 0 Å². The number of hydrogen-bond donors (Lipinski definition) is 1. The van der Waals surface area contributed by atoms with Crippen molar-refractivity contribution in [1.82, 2.24) is 9.88 Å². The molecule has 1 saturated carbocycles. The molecule has 0 spiro atoms. The minimum absolute atomic E-state index is 0.00421. The van der Waals surface area contributed by atoms with Gasteiger partial charge >= 0.3 is 6.03 Å². The van der Waals surface area contributed by atoms with Gasteiger partial charge < -0.3 is 5.73 Å². The van der Waals surface area contributed by atoms with Crippen LogP contribution in [0.25, 0.3) is 0 Å². The summed E-state index contributed by atoms with van der Waals surface area (Å²) >= 11 is 0. The van der Waals surface area contributed by atoms with Gasteiger partial charge in [0.05, 0.1) is 11.9 Å². The Balaban J connectivity index is 1.83. The molecule has 158 valence electrons. The predicted octanol–water partition coefficient (Wildman–Crippen LogP) is 4.18. The maximum absolute atomic E-state index is 12.3. The number of urea groups is 1. The molecule has 1 aromatic carbocycles. The third-order valence-electron chi connectivity index (χ3n) is 6.75. The number of nitrogens with two attached hydrogens (primary N) is 1. The van der Waals surface area contributed by atoms with Crippen LogP contribution in [0.15, 0.2) is 42.6 Å². The zero-order valence-corrected chi connectivity index (χ0v) is 18.4. The van der Waals surface area contributed by atoms with E-state index in [1.807, 2.05) is 13.0 Å². The van der Waals surface area contributed by atoms with Crippen molar-refractivity contribution in [3.05, 3.63) is 59.4 Å². The van der Waals surface area contributed by atoms with Crippen molar-refractivity contribution in [2.24, 2.45) is 11.1 Å². The summed E-state index contributed by atoms with van der Waals surface area (Å²) in [7, 11) is 4.30. The molecular weight excluding hydrogens is 374 g/mol. The van der Waals surface area contributed by atoms with Gasteiger partial charge in [-0.15, -0.1) is 0 Å². The van der Waals surface area contributed by atoms with E-state index in [2.05, 4.69) is 61.2 Å². The Kier molecular flexibility index (Phi) is 6.14. The molecule has 6 heteroatoms. The minimum atomic E-state index is -0.488. The van der Waals surface area contributed by atoms with E-state index in [0.717, 1.165) is 31.2 Å². The molecular formula is C24H31N5O. The van der Waals surface area contributed by atoms with Gasteiger partial charge in [0.1, 0.15) is 11.8 Å². The molecule has 0 atom stereocenters. The molecule has 0 unspecified atom stereocenters. The average Bonchev–Trinajstić information content (AvgIpc) is 2.73. The van der Waals surface area contributed by atoms with Gasteiger partial charge in [0.15, 0.2) is 0 Å². The van der Waals surface area contributed by atoms with E-state index in [1.54, 1.807) is 17.2 Å². The van der Waals surface area contributed by atoms with Crippen molar-refractivity contribution in [3.8, 4) is 6.07 Å². The number of rotatable bonds is 5. The predicted molar refractivity (Wildman–Crippen MR) is 119 cm³/mol. The smallest absolute Gasteiger partial charge is 0.319 e. The summed E-state index contributed by atoms with van der Waals surface area (Å²) in [4.78, 5) is 20.4. The number of aromatic nitrogens is 1. The number of carbonyl (C=O) groups excluding carboxylic acids is 1. The molecule has 3 rings (SSSR count). The first-order valence-corrected chi connectivity index (χ1v) is 10.4. The molecule has 0 saturated heterocycles. The number of pyridine rings is 1. The van der Waals surface area contributed by atoms with E-state index in [1.165, 1.54) is 5.56 Å². The summed E-state index contributed by atoms with van der Waals surface area (Å²) in [6.45, 7) is 4.65. The number of nitrogens with zero attached hydrogens (tertiary/aromatic N) is 4. The van der Waals surface area contributed by atoms with Crippen molar-refractivity contribution < 1.29 is 4.79 Å². The average molecular weight is 406 g/mol. The molecule has 30 heavy (non-hydrogen) atoms. The van der Waals surface area contributed by atoms with E-state index in [4.69, 9.17) is 11.0 Å². The van der Waals surface area contributed by atoms with Crippen molar-refractivity contribution >= 4 is 11.7 Å². The third-order valence-corrected chi connectivity index (χ3v) is 6.75. The quantitative estimate of drug-likeness (QED) is 0.808. The maximum Gasteiger partial charge on any atom is 0.319 e. The fraction of sp³-hybridized carbons (Fsp3) is 0.458. The molecule has 0 radical (unpaired) electrons. The van der Waals surface area contributed by atoms with E-state index in [-0.39, 0.29) is 11.0 Å². The number of nitriles is 1. The van der Waals surface area contributed by atoms with Crippen molar-refractivity contribution in [2.75, 3.05) is 25.5 Å². The summed E-state index contributed by atoms with van der Waals surface area (Å²) in [6, 6.07) is 13.9. The Morgan fingerprint density at radius 3 is 2.33 bits per heavy atom. The van der Waals surface area contributed by atoms with Gasteiger partial charge in [0.25, 0.3) is 0 Å². The summed E-state index contributed by atoms with van der Waals surface area (Å²) in [5, 5.41) is 9.07. The normalized spacial score (nSPS) is 23.7. The van der Waals surface area contributed by atoms with Gasteiger partial charge in [-0.3, -0.25) is 9.80 Å². The molecule has 0 bridgehead atoms. The summed E-state index contributed by atoms with van der Waals surface area (Å²) in [6.07, 6.45) is 5.56. The second-order valence-corrected chi connectivity index (χ2v) is 8.99. The molecule has 1 aliphatic carbocycles. The number of hydrogen-bond acceptors (Lipinski definition) is 4. The molecule has 6 nitrogen and oxygen atoms in total. The highest BCUT2D eigenvalue weighted by Crippen LogP contribution is 2.48. The second kappa shape index (κ2) is 8.45. The number of carbonyl (C=O) groups is 1. The van der Waals surface area contributed by atoms with Gasteiger partial charge in [-0.2, -0.15) is 5.26 Å². The fourth-order valence-electron chi connectivity index (χ4n) is 4.72. The first-order valence-electron chi connectivity index (χ1n) is 10.4. The maximum atomic E-state index is 12.3. The van der Waals surface area contributed by atoms with Crippen molar-refractivity contribution in [3.63, 3.8) is 0 Å². The first-order chi connectivity index (χ1) is 14.2. The zero-order chi connectivity index (χ0) is 21.9. The summed E-state index contributed by atoms with van der Waals surface area (Å²) in [5.41, 5.74) is 8.90. The van der Waals surface area contributed by atoms with E-state index < -0.39 is 6.03 Å². The number of primary amides is 1. The number of anilines is 1. The van der Waals surface area contributed by atoms with Crippen molar-refractivity contribution in [1.29, 1.82) is 5.26 Å².